The Hall–Kier alpha value is -2.11. The second-order valence-corrected chi connectivity index (χ2v) is 5.18. The minimum absolute atomic E-state index is 0.162. The molecule has 20 heavy (non-hydrogen) atoms. The third kappa shape index (κ3) is 2.74. The molecule has 1 atom stereocenters. The van der Waals surface area contributed by atoms with Gasteiger partial charge in [0.15, 0.2) is 5.78 Å². The molecule has 0 spiro atoms. The molecule has 2 rings (SSSR count). The van der Waals surface area contributed by atoms with Crippen LogP contribution in [-0.2, 0) is 0 Å². The van der Waals surface area contributed by atoms with E-state index in [1.807, 2.05) is 32.0 Å². The molecule has 2 aromatic rings. The summed E-state index contributed by atoms with van der Waals surface area (Å²) in [4.78, 5) is 12.6. The molecule has 0 saturated heterocycles. The summed E-state index contributed by atoms with van der Waals surface area (Å²) in [5.41, 5.74) is 3.09. The molecule has 0 aromatic heterocycles. The summed E-state index contributed by atoms with van der Waals surface area (Å²) < 4.78 is 0. The standard InChI is InChI=1S/C17H14ClNO/c1-11-4-3-5-12(2)16(11)17(20)15(10-19)13-6-8-14(18)9-7-13/h3-9,15H,1-2H3. The van der Waals surface area contributed by atoms with E-state index in [9.17, 15) is 10.1 Å². The monoisotopic (exact) mass is 283 g/mol. The van der Waals surface area contributed by atoms with Gasteiger partial charge in [-0.1, -0.05) is 41.9 Å². The fourth-order valence-corrected chi connectivity index (χ4v) is 2.41. The molecule has 0 N–H and O–H groups in total. The van der Waals surface area contributed by atoms with Crippen molar-refractivity contribution >= 4 is 17.4 Å². The summed E-state index contributed by atoms with van der Waals surface area (Å²) in [5.74, 6) is -0.961. The van der Waals surface area contributed by atoms with Crippen LogP contribution in [-0.4, -0.2) is 5.78 Å². The van der Waals surface area contributed by atoms with Crippen LogP contribution in [0, 0.1) is 25.2 Å². The van der Waals surface area contributed by atoms with Crippen molar-refractivity contribution in [2.75, 3.05) is 0 Å². The van der Waals surface area contributed by atoms with E-state index in [0.29, 0.717) is 16.1 Å². The van der Waals surface area contributed by atoms with E-state index in [-0.39, 0.29) is 5.78 Å². The van der Waals surface area contributed by atoms with Crippen LogP contribution >= 0.6 is 11.6 Å². The minimum Gasteiger partial charge on any atom is -0.292 e. The van der Waals surface area contributed by atoms with E-state index in [1.54, 1.807) is 24.3 Å². The Kier molecular flexibility index (Phi) is 4.22. The molecule has 3 heteroatoms. The van der Waals surface area contributed by atoms with Gasteiger partial charge in [-0.25, -0.2) is 0 Å². The zero-order chi connectivity index (χ0) is 14.7. The molecule has 100 valence electrons. The quantitative estimate of drug-likeness (QED) is 0.781. The van der Waals surface area contributed by atoms with Gasteiger partial charge in [0.05, 0.1) is 6.07 Å². The number of nitrogens with zero attached hydrogens (tertiary/aromatic N) is 1. The first-order valence-electron chi connectivity index (χ1n) is 6.30. The van der Waals surface area contributed by atoms with E-state index >= 15 is 0 Å². The lowest BCUT2D eigenvalue weighted by Gasteiger charge is -2.13. The highest BCUT2D eigenvalue weighted by atomic mass is 35.5. The smallest absolute Gasteiger partial charge is 0.184 e. The van der Waals surface area contributed by atoms with Gasteiger partial charge in [-0.2, -0.15) is 5.26 Å². The average molecular weight is 284 g/mol. The highest BCUT2D eigenvalue weighted by Gasteiger charge is 2.24. The van der Waals surface area contributed by atoms with Gasteiger partial charge in [-0.15, -0.1) is 0 Å². The maximum absolute atomic E-state index is 12.6. The second kappa shape index (κ2) is 5.90. The number of hydrogen-bond donors (Lipinski definition) is 0. The number of halogens is 1. The molecular weight excluding hydrogens is 270 g/mol. The lowest BCUT2D eigenvalue weighted by Crippen LogP contribution is -2.14. The van der Waals surface area contributed by atoms with E-state index < -0.39 is 5.92 Å². The van der Waals surface area contributed by atoms with Crippen LogP contribution in [0.3, 0.4) is 0 Å². The third-order valence-corrected chi connectivity index (χ3v) is 3.57. The Morgan fingerprint density at radius 1 is 1.10 bits per heavy atom. The number of carbonyl (C=O) groups excluding carboxylic acids is 1. The van der Waals surface area contributed by atoms with Gasteiger partial charge in [0.1, 0.15) is 5.92 Å². The van der Waals surface area contributed by atoms with Crippen LogP contribution in [0.2, 0.25) is 5.02 Å². The van der Waals surface area contributed by atoms with E-state index in [1.165, 1.54) is 0 Å². The van der Waals surface area contributed by atoms with E-state index in [0.717, 1.165) is 11.1 Å². The fourth-order valence-electron chi connectivity index (χ4n) is 2.29. The zero-order valence-electron chi connectivity index (χ0n) is 11.4. The zero-order valence-corrected chi connectivity index (χ0v) is 12.1. The van der Waals surface area contributed by atoms with Gasteiger partial charge in [0, 0.05) is 10.6 Å². The van der Waals surface area contributed by atoms with Gasteiger partial charge in [0.2, 0.25) is 0 Å². The number of aryl methyl sites for hydroxylation is 2. The van der Waals surface area contributed by atoms with Crippen molar-refractivity contribution in [1.29, 1.82) is 5.26 Å². The van der Waals surface area contributed by atoms with Crippen LogP contribution in [0.5, 0.6) is 0 Å². The molecular formula is C17H14ClNO. The Balaban J connectivity index is 2.45. The first-order valence-corrected chi connectivity index (χ1v) is 6.68. The lowest BCUT2D eigenvalue weighted by atomic mass is 9.88. The fraction of sp³-hybridized carbons (Fsp3) is 0.176. The largest absolute Gasteiger partial charge is 0.292 e. The average Bonchev–Trinajstić information content (AvgIpc) is 2.41. The number of benzene rings is 2. The van der Waals surface area contributed by atoms with Crippen LogP contribution in [0.1, 0.15) is 33.0 Å². The first kappa shape index (κ1) is 14.3. The third-order valence-electron chi connectivity index (χ3n) is 3.32. The maximum Gasteiger partial charge on any atom is 0.184 e. The summed E-state index contributed by atoms with van der Waals surface area (Å²) in [6.45, 7) is 3.77. The van der Waals surface area contributed by atoms with Crippen molar-refractivity contribution in [3.05, 3.63) is 69.7 Å². The van der Waals surface area contributed by atoms with E-state index in [2.05, 4.69) is 6.07 Å². The number of hydrogen-bond acceptors (Lipinski definition) is 2. The molecule has 0 aliphatic rings. The Morgan fingerprint density at radius 3 is 2.15 bits per heavy atom. The highest BCUT2D eigenvalue weighted by molar-refractivity contribution is 6.30. The maximum atomic E-state index is 12.6. The van der Waals surface area contributed by atoms with Crippen molar-refractivity contribution in [3.63, 3.8) is 0 Å². The SMILES string of the molecule is Cc1cccc(C)c1C(=O)C(C#N)c1ccc(Cl)cc1. The molecule has 0 radical (unpaired) electrons. The van der Waals surface area contributed by atoms with Crippen molar-refractivity contribution in [2.24, 2.45) is 0 Å². The Morgan fingerprint density at radius 2 is 1.65 bits per heavy atom. The van der Waals surface area contributed by atoms with Crippen molar-refractivity contribution in [1.82, 2.24) is 0 Å². The van der Waals surface area contributed by atoms with Crippen LogP contribution in [0.25, 0.3) is 0 Å². The normalized spacial score (nSPS) is 11.7. The van der Waals surface area contributed by atoms with Crippen molar-refractivity contribution < 1.29 is 4.79 Å². The van der Waals surface area contributed by atoms with E-state index in [4.69, 9.17) is 11.6 Å². The summed E-state index contributed by atoms with van der Waals surface area (Å²) in [6, 6.07) is 14.6. The summed E-state index contributed by atoms with van der Waals surface area (Å²) in [7, 11) is 0. The van der Waals surface area contributed by atoms with Crippen molar-refractivity contribution in [3.8, 4) is 6.07 Å². The second-order valence-electron chi connectivity index (χ2n) is 4.74. The number of Topliss-reactive ketones (excluding diaryl/α,β-unsaturated/α-hetero) is 1. The molecule has 0 saturated carbocycles. The molecule has 0 fully saturated rings. The summed E-state index contributed by atoms with van der Waals surface area (Å²) in [6.07, 6.45) is 0. The minimum atomic E-state index is -0.799. The molecule has 0 bridgehead atoms. The predicted molar refractivity (Wildman–Crippen MR) is 80.1 cm³/mol. The first-order chi connectivity index (χ1) is 9.54. The molecule has 0 heterocycles. The summed E-state index contributed by atoms with van der Waals surface area (Å²) in [5, 5.41) is 9.95. The van der Waals surface area contributed by atoms with Gasteiger partial charge in [0.25, 0.3) is 0 Å². The van der Waals surface area contributed by atoms with Crippen LogP contribution < -0.4 is 0 Å². The number of rotatable bonds is 3. The van der Waals surface area contributed by atoms with Gasteiger partial charge in [-0.3, -0.25) is 4.79 Å². The van der Waals surface area contributed by atoms with Crippen LogP contribution in [0.4, 0.5) is 0 Å². The Labute approximate surface area is 123 Å². The predicted octanol–water partition coefficient (Wildman–Crippen LogP) is 4.45. The Bertz CT molecular complexity index is 663. The number of ketones is 1. The van der Waals surface area contributed by atoms with Crippen LogP contribution in [0.15, 0.2) is 42.5 Å². The topological polar surface area (TPSA) is 40.9 Å². The number of carbonyl (C=O) groups is 1. The molecule has 0 aliphatic heterocycles. The molecule has 2 aromatic carbocycles. The molecule has 0 aliphatic carbocycles. The lowest BCUT2D eigenvalue weighted by molar-refractivity contribution is 0.0977. The van der Waals surface area contributed by atoms with Gasteiger partial charge in [-0.05, 0) is 42.7 Å². The molecule has 2 nitrogen and oxygen atoms in total. The highest BCUT2D eigenvalue weighted by Crippen LogP contribution is 2.25. The van der Waals surface area contributed by atoms with Gasteiger partial charge >= 0.3 is 0 Å². The summed E-state index contributed by atoms with van der Waals surface area (Å²) >= 11 is 5.84. The van der Waals surface area contributed by atoms with Gasteiger partial charge < -0.3 is 0 Å². The molecule has 1 unspecified atom stereocenters. The number of nitriles is 1. The van der Waals surface area contributed by atoms with Crippen molar-refractivity contribution in [2.45, 2.75) is 19.8 Å². The molecule has 0 amide bonds.